The molecular weight excluding hydrogens is 261 g/mol. The maximum Gasteiger partial charge on any atom is 0.182 e. The van der Waals surface area contributed by atoms with Crippen molar-refractivity contribution in [2.24, 2.45) is 15.2 Å². The quantitative estimate of drug-likeness (QED) is 0.822. The number of fused-ring (bicyclic) bond motifs is 1. The van der Waals surface area contributed by atoms with Crippen LogP contribution in [0.2, 0.25) is 5.02 Å². The molecule has 0 unspecified atom stereocenters. The molecule has 0 radical (unpaired) electrons. The number of nitrogens with one attached hydrogen (secondary N) is 2. The molecule has 2 aliphatic heterocycles. The molecule has 1 saturated heterocycles. The van der Waals surface area contributed by atoms with Crippen LogP contribution in [0, 0.1) is 0 Å². The Labute approximate surface area is 110 Å². The summed E-state index contributed by atoms with van der Waals surface area (Å²) in [6.07, 6.45) is -0.0705. The van der Waals surface area contributed by atoms with Crippen LogP contribution < -0.4 is 10.6 Å². The summed E-state index contributed by atoms with van der Waals surface area (Å²) < 4.78 is 0. The first-order valence-corrected chi connectivity index (χ1v) is 5.47. The largest absolute Gasteiger partial charge is 0.282 e. The monoisotopic (exact) mass is 271 g/mol. The molecule has 2 heterocycles. The number of azo groups is 1. The van der Waals surface area contributed by atoms with E-state index in [-0.39, 0.29) is 18.7 Å². The Morgan fingerprint density at radius 3 is 2.76 bits per heavy atom. The van der Waals surface area contributed by atoms with E-state index in [0.717, 1.165) is 24.3 Å². The van der Waals surface area contributed by atoms with Crippen molar-refractivity contribution < 1.29 is 0 Å². The second-order valence-electron chi connectivity index (χ2n) is 3.62. The van der Waals surface area contributed by atoms with Gasteiger partial charge in [0.05, 0.1) is 5.69 Å². The second-order valence-corrected chi connectivity index (χ2v) is 4.06. The fraction of sp³-hybridized carbons (Fsp3) is 0.300. The molecule has 0 amide bonds. The van der Waals surface area contributed by atoms with Gasteiger partial charge in [0.15, 0.2) is 12.1 Å². The molecule has 3 rings (SSSR count). The molecule has 0 aromatic heterocycles. The molecule has 1 fully saturated rings. The molecule has 0 aliphatic carbocycles. The number of halogens is 2. The van der Waals surface area contributed by atoms with Crippen LogP contribution in [0.4, 0.5) is 5.69 Å². The molecule has 1 aromatic rings. The molecule has 17 heavy (non-hydrogen) atoms. The summed E-state index contributed by atoms with van der Waals surface area (Å²) in [4.78, 5) is 4.43. The van der Waals surface area contributed by atoms with E-state index in [0.29, 0.717) is 10.9 Å². The zero-order valence-corrected chi connectivity index (χ0v) is 10.4. The van der Waals surface area contributed by atoms with Crippen molar-refractivity contribution in [3.8, 4) is 0 Å². The van der Waals surface area contributed by atoms with Crippen molar-refractivity contribution in [1.82, 2.24) is 10.6 Å². The van der Waals surface area contributed by atoms with Gasteiger partial charge in [-0.2, -0.15) is 0 Å². The van der Waals surface area contributed by atoms with Crippen LogP contribution in [0.5, 0.6) is 0 Å². The van der Waals surface area contributed by atoms with Crippen molar-refractivity contribution in [2.75, 3.05) is 13.1 Å². The van der Waals surface area contributed by atoms with E-state index >= 15 is 0 Å². The van der Waals surface area contributed by atoms with Crippen LogP contribution in [0.3, 0.4) is 0 Å². The second kappa shape index (κ2) is 5.10. The zero-order chi connectivity index (χ0) is 11.0. The lowest BCUT2D eigenvalue weighted by Gasteiger charge is -2.05. The number of nitrogens with zero attached hydrogens (tertiary/aromatic N) is 3. The molecule has 5 nitrogen and oxygen atoms in total. The highest BCUT2D eigenvalue weighted by molar-refractivity contribution is 6.31. The Hall–Kier alpha value is -1.01. The normalized spacial score (nSPS) is 20.6. The fourth-order valence-corrected chi connectivity index (χ4v) is 1.90. The Balaban J connectivity index is 0.00000108. The molecule has 7 heteroatoms. The molecule has 2 aliphatic rings. The number of benzene rings is 1. The van der Waals surface area contributed by atoms with E-state index in [2.05, 4.69) is 25.9 Å². The van der Waals surface area contributed by atoms with Crippen molar-refractivity contribution in [1.29, 1.82) is 0 Å². The molecular formula is C10H11Cl2N5. The average molecular weight is 272 g/mol. The molecule has 90 valence electrons. The Bertz CT molecular complexity index is 480. The summed E-state index contributed by atoms with van der Waals surface area (Å²) in [5.74, 6) is 0.629. The summed E-state index contributed by atoms with van der Waals surface area (Å²) in [5.41, 5.74) is 1.71. The smallest absolute Gasteiger partial charge is 0.182 e. The SMILES string of the molecule is Cl.Clc1ccc2c(c1)C(=NC1NCCN1)N=N2. The lowest BCUT2D eigenvalue weighted by atomic mass is 10.2. The lowest BCUT2D eigenvalue weighted by molar-refractivity contribution is 0.580. The first kappa shape index (κ1) is 12.4. The van der Waals surface area contributed by atoms with E-state index in [4.69, 9.17) is 11.6 Å². The maximum absolute atomic E-state index is 5.94. The predicted octanol–water partition coefficient (Wildman–Crippen LogP) is 2.08. The van der Waals surface area contributed by atoms with Crippen LogP contribution in [-0.4, -0.2) is 25.2 Å². The van der Waals surface area contributed by atoms with Crippen LogP contribution in [-0.2, 0) is 0 Å². The highest BCUT2D eigenvalue weighted by Gasteiger charge is 2.19. The Morgan fingerprint density at radius 2 is 2.00 bits per heavy atom. The van der Waals surface area contributed by atoms with Gasteiger partial charge in [0.1, 0.15) is 0 Å². The third-order valence-electron chi connectivity index (χ3n) is 2.50. The summed E-state index contributed by atoms with van der Waals surface area (Å²) in [7, 11) is 0. The number of aliphatic imine (C=N–C) groups is 1. The minimum atomic E-state index is -0.0705. The van der Waals surface area contributed by atoms with Gasteiger partial charge in [-0.05, 0) is 18.2 Å². The lowest BCUT2D eigenvalue weighted by Crippen LogP contribution is -2.29. The summed E-state index contributed by atoms with van der Waals surface area (Å²) in [5, 5.41) is 15.2. The minimum absolute atomic E-state index is 0. The van der Waals surface area contributed by atoms with Gasteiger partial charge >= 0.3 is 0 Å². The maximum atomic E-state index is 5.94. The summed E-state index contributed by atoms with van der Waals surface area (Å²) in [6, 6.07) is 5.48. The molecule has 1 aromatic carbocycles. The standard InChI is InChI=1S/C10H10ClN5.ClH/c11-6-1-2-8-7(5-6)9(16-15-8)14-10-12-3-4-13-10;/h1-2,5,10,12-13H,3-4H2;1H. The Morgan fingerprint density at radius 1 is 1.24 bits per heavy atom. The third kappa shape index (κ3) is 2.47. The topological polar surface area (TPSA) is 61.1 Å². The van der Waals surface area contributed by atoms with Crippen LogP contribution in [0.15, 0.2) is 33.4 Å². The number of hydrogen-bond donors (Lipinski definition) is 2. The van der Waals surface area contributed by atoms with E-state index in [1.807, 2.05) is 12.1 Å². The van der Waals surface area contributed by atoms with E-state index in [1.54, 1.807) is 6.07 Å². The van der Waals surface area contributed by atoms with Gasteiger partial charge in [0.25, 0.3) is 0 Å². The van der Waals surface area contributed by atoms with Gasteiger partial charge in [-0.25, -0.2) is 4.99 Å². The minimum Gasteiger partial charge on any atom is -0.282 e. The first-order chi connectivity index (χ1) is 7.83. The van der Waals surface area contributed by atoms with Gasteiger partial charge in [-0.15, -0.1) is 22.6 Å². The molecule has 2 N–H and O–H groups in total. The molecule has 0 spiro atoms. The van der Waals surface area contributed by atoms with Crippen LogP contribution in [0.25, 0.3) is 0 Å². The van der Waals surface area contributed by atoms with Crippen molar-refractivity contribution in [3.05, 3.63) is 28.8 Å². The van der Waals surface area contributed by atoms with E-state index in [1.165, 1.54) is 0 Å². The first-order valence-electron chi connectivity index (χ1n) is 5.09. The van der Waals surface area contributed by atoms with E-state index in [9.17, 15) is 0 Å². The van der Waals surface area contributed by atoms with Gasteiger partial charge < -0.3 is 0 Å². The highest BCUT2D eigenvalue weighted by atomic mass is 35.5. The predicted molar refractivity (Wildman–Crippen MR) is 69.5 cm³/mol. The highest BCUT2D eigenvalue weighted by Crippen LogP contribution is 2.29. The molecule has 0 atom stereocenters. The summed E-state index contributed by atoms with van der Waals surface area (Å²) >= 11 is 5.94. The van der Waals surface area contributed by atoms with Gasteiger partial charge in [-0.3, -0.25) is 10.6 Å². The van der Waals surface area contributed by atoms with Crippen molar-refractivity contribution in [2.45, 2.75) is 6.29 Å². The fourth-order valence-electron chi connectivity index (χ4n) is 1.73. The molecule has 0 saturated carbocycles. The number of amidine groups is 1. The van der Waals surface area contributed by atoms with Crippen LogP contribution >= 0.6 is 24.0 Å². The Kier molecular flexibility index (Phi) is 3.73. The van der Waals surface area contributed by atoms with E-state index < -0.39 is 0 Å². The van der Waals surface area contributed by atoms with Crippen molar-refractivity contribution in [3.63, 3.8) is 0 Å². The van der Waals surface area contributed by atoms with Crippen LogP contribution in [0.1, 0.15) is 5.56 Å². The van der Waals surface area contributed by atoms with Gasteiger partial charge in [0.2, 0.25) is 0 Å². The molecule has 0 bridgehead atoms. The number of rotatable bonds is 1. The number of hydrogen-bond acceptors (Lipinski definition) is 4. The van der Waals surface area contributed by atoms with Gasteiger partial charge in [-0.1, -0.05) is 11.6 Å². The van der Waals surface area contributed by atoms with Crippen molar-refractivity contribution >= 4 is 35.5 Å². The summed E-state index contributed by atoms with van der Waals surface area (Å²) in [6.45, 7) is 1.84. The third-order valence-corrected chi connectivity index (χ3v) is 2.74. The van der Waals surface area contributed by atoms with Gasteiger partial charge in [0, 0.05) is 23.7 Å². The zero-order valence-electron chi connectivity index (χ0n) is 8.85. The average Bonchev–Trinajstić information content (AvgIpc) is 2.90.